The normalized spacial score (nSPS) is 15.8. The highest BCUT2D eigenvalue weighted by Gasteiger charge is 2.26. The second-order valence-corrected chi connectivity index (χ2v) is 8.26. The number of fused-ring (bicyclic) bond motifs is 1. The molecule has 1 heterocycles. The Morgan fingerprint density at radius 3 is 2.30 bits per heavy atom. The number of ether oxygens (including phenoxy) is 1. The lowest BCUT2D eigenvalue weighted by Gasteiger charge is -2.36. The standard InChI is InChI=1S/C25H28N2O3/c1-17(2)30-24-8-6-23(7-9-24)26-10-12-27(13-11-26)25(29)22-15-20-5-4-19(18(3)28)14-21(20)16-22/h4-9,14,16-17H,10-13,15H2,1-3H3. The third-order valence-corrected chi connectivity index (χ3v) is 5.68. The molecule has 30 heavy (non-hydrogen) atoms. The third kappa shape index (κ3) is 4.25. The van der Waals surface area contributed by atoms with Gasteiger partial charge in [-0.05, 0) is 68.3 Å². The van der Waals surface area contributed by atoms with E-state index >= 15 is 0 Å². The van der Waals surface area contributed by atoms with Gasteiger partial charge >= 0.3 is 0 Å². The summed E-state index contributed by atoms with van der Waals surface area (Å²) in [5, 5.41) is 0. The zero-order chi connectivity index (χ0) is 21.3. The highest BCUT2D eigenvalue weighted by atomic mass is 16.5. The van der Waals surface area contributed by atoms with E-state index < -0.39 is 0 Å². The number of nitrogens with zero attached hydrogens (tertiary/aromatic N) is 2. The van der Waals surface area contributed by atoms with Crippen molar-refractivity contribution < 1.29 is 14.3 Å². The van der Waals surface area contributed by atoms with Gasteiger partial charge in [0, 0.05) is 49.4 Å². The number of carbonyl (C=O) groups is 2. The van der Waals surface area contributed by atoms with Gasteiger partial charge in [-0.3, -0.25) is 9.59 Å². The molecule has 0 unspecified atom stereocenters. The Balaban J connectivity index is 1.36. The lowest BCUT2D eigenvalue weighted by molar-refractivity contribution is -0.127. The summed E-state index contributed by atoms with van der Waals surface area (Å²) >= 11 is 0. The molecule has 156 valence electrons. The summed E-state index contributed by atoms with van der Waals surface area (Å²) in [5.74, 6) is 1.03. The Kier molecular flexibility index (Phi) is 5.62. The summed E-state index contributed by atoms with van der Waals surface area (Å²) in [5.41, 5.74) is 4.77. The van der Waals surface area contributed by atoms with Crippen LogP contribution in [-0.4, -0.2) is 48.9 Å². The van der Waals surface area contributed by atoms with Crippen LogP contribution in [0.1, 0.15) is 42.3 Å². The molecule has 0 spiro atoms. The molecule has 2 aliphatic rings. The van der Waals surface area contributed by atoms with E-state index in [1.807, 2.05) is 55.2 Å². The summed E-state index contributed by atoms with van der Waals surface area (Å²) in [4.78, 5) is 28.9. The van der Waals surface area contributed by atoms with Gasteiger partial charge in [-0.1, -0.05) is 12.1 Å². The van der Waals surface area contributed by atoms with Crippen LogP contribution in [0.3, 0.4) is 0 Å². The van der Waals surface area contributed by atoms with Crippen LogP contribution in [0.15, 0.2) is 48.0 Å². The fourth-order valence-electron chi connectivity index (χ4n) is 4.07. The maximum Gasteiger partial charge on any atom is 0.250 e. The van der Waals surface area contributed by atoms with Gasteiger partial charge in [-0.15, -0.1) is 0 Å². The Hall–Kier alpha value is -3.08. The first kappa shape index (κ1) is 20.2. The molecular weight excluding hydrogens is 376 g/mol. The average Bonchev–Trinajstić information content (AvgIpc) is 3.17. The number of benzene rings is 2. The van der Waals surface area contributed by atoms with Crippen molar-refractivity contribution in [2.24, 2.45) is 0 Å². The van der Waals surface area contributed by atoms with Gasteiger partial charge in [0.1, 0.15) is 5.75 Å². The number of rotatable bonds is 5. The van der Waals surface area contributed by atoms with Crippen molar-refractivity contribution in [3.63, 3.8) is 0 Å². The first-order valence-electron chi connectivity index (χ1n) is 10.6. The number of ketones is 1. The molecule has 2 aromatic rings. The number of hydrogen-bond donors (Lipinski definition) is 0. The lowest BCUT2D eigenvalue weighted by atomic mass is 10.0. The van der Waals surface area contributed by atoms with Crippen LogP contribution >= 0.6 is 0 Å². The molecule has 1 fully saturated rings. The van der Waals surface area contributed by atoms with Crippen molar-refractivity contribution in [3.05, 3.63) is 64.7 Å². The Morgan fingerprint density at radius 2 is 1.67 bits per heavy atom. The highest BCUT2D eigenvalue weighted by molar-refractivity contribution is 6.01. The molecule has 2 aromatic carbocycles. The molecule has 1 aliphatic heterocycles. The van der Waals surface area contributed by atoms with Gasteiger partial charge in [-0.25, -0.2) is 0 Å². The van der Waals surface area contributed by atoms with Gasteiger partial charge in [0.05, 0.1) is 6.10 Å². The minimum Gasteiger partial charge on any atom is -0.491 e. The Labute approximate surface area is 177 Å². The second-order valence-electron chi connectivity index (χ2n) is 8.26. The Morgan fingerprint density at radius 1 is 0.967 bits per heavy atom. The van der Waals surface area contributed by atoms with Crippen LogP contribution < -0.4 is 9.64 Å². The molecule has 5 heteroatoms. The maximum atomic E-state index is 13.0. The van der Waals surface area contributed by atoms with E-state index in [1.54, 1.807) is 6.92 Å². The molecule has 0 atom stereocenters. The molecule has 0 radical (unpaired) electrons. The zero-order valence-corrected chi connectivity index (χ0v) is 17.9. The van der Waals surface area contributed by atoms with Crippen LogP contribution in [0, 0.1) is 0 Å². The fraction of sp³-hybridized carbons (Fsp3) is 0.360. The molecule has 0 bridgehead atoms. The van der Waals surface area contributed by atoms with Gasteiger partial charge in [0.25, 0.3) is 0 Å². The van der Waals surface area contributed by atoms with Crippen molar-refractivity contribution in [1.82, 2.24) is 4.90 Å². The van der Waals surface area contributed by atoms with Crippen molar-refractivity contribution in [3.8, 4) is 5.75 Å². The summed E-state index contributed by atoms with van der Waals surface area (Å²) in [7, 11) is 0. The number of hydrogen-bond acceptors (Lipinski definition) is 4. The van der Waals surface area contributed by atoms with E-state index in [1.165, 1.54) is 0 Å². The minimum atomic E-state index is 0.0471. The van der Waals surface area contributed by atoms with Crippen LogP contribution in [-0.2, 0) is 11.2 Å². The smallest absolute Gasteiger partial charge is 0.250 e. The van der Waals surface area contributed by atoms with E-state index in [4.69, 9.17) is 4.74 Å². The van der Waals surface area contributed by atoms with Crippen molar-refractivity contribution in [2.45, 2.75) is 33.3 Å². The molecule has 5 nitrogen and oxygen atoms in total. The number of carbonyl (C=O) groups excluding carboxylic acids is 2. The third-order valence-electron chi connectivity index (χ3n) is 5.68. The molecule has 1 saturated heterocycles. The predicted molar refractivity (Wildman–Crippen MR) is 119 cm³/mol. The molecule has 0 saturated carbocycles. The van der Waals surface area contributed by atoms with Gasteiger partial charge in [0.15, 0.2) is 5.78 Å². The Bertz CT molecular complexity index is 984. The SMILES string of the molecule is CC(=O)c1ccc2c(c1)C=C(C(=O)N1CCN(c3ccc(OC(C)C)cc3)CC1)C2. The van der Waals surface area contributed by atoms with Gasteiger partial charge in [0.2, 0.25) is 5.91 Å². The summed E-state index contributed by atoms with van der Waals surface area (Å²) in [6, 6.07) is 13.9. The van der Waals surface area contributed by atoms with Crippen LogP contribution in [0.5, 0.6) is 5.75 Å². The first-order chi connectivity index (χ1) is 14.4. The first-order valence-corrected chi connectivity index (χ1v) is 10.6. The second kappa shape index (κ2) is 8.34. The van der Waals surface area contributed by atoms with E-state index in [9.17, 15) is 9.59 Å². The van der Waals surface area contributed by atoms with Crippen molar-refractivity contribution >= 4 is 23.5 Å². The number of Topliss-reactive ketones (excluding diaryl/α,β-unsaturated/α-hetero) is 1. The lowest BCUT2D eigenvalue weighted by Crippen LogP contribution is -2.49. The molecule has 1 amide bonds. The van der Waals surface area contributed by atoms with Crippen molar-refractivity contribution in [2.75, 3.05) is 31.1 Å². The monoisotopic (exact) mass is 404 g/mol. The molecular formula is C25H28N2O3. The van der Waals surface area contributed by atoms with Crippen LogP contribution in [0.2, 0.25) is 0 Å². The van der Waals surface area contributed by atoms with Crippen LogP contribution in [0.4, 0.5) is 5.69 Å². The average molecular weight is 405 g/mol. The van der Waals surface area contributed by atoms with E-state index in [2.05, 4.69) is 17.0 Å². The fourth-order valence-corrected chi connectivity index (χ4v) is 4.07. The molecule has 0 N–H and O–H groups in total. The van der Waals surface area contributed by atoms with E-state index in [-0.39, 0.29) is 17.8 Å². The quantitative estimate of drug-likeness (QED) is 0.708. The predicted octanol–water partition coefficient (Wildman–Crippen LogP) is 3.96. The minimum absolute atomic E-state index is 0.0471. The van der Waals surface area contributed by atoms with Gasteiger partial charge in [-0.2, -0.15) is 0 Å². The number of anilines is 1. The summed E-state index contributed by atoms with van der Waals surface area (Å²) in [6.45, 7) is 8.63. The van der Waals surface area contributed by atoms with Crippen molar-refractivity contribution in [1.29, 1.82) is 0 Å². The number of amides is 1. The maximum absolute atomic E-state index is 13.0. The highest BCUT2D eigenvalue weighted by Crippen LogP contribution is 2.28. The van der Waals surface area contributed by atoms with Gasteiger partial charge < -0.3 is 14.5 Å². The molecule has 1 aliphatic carbocycles. The largest absolute Gasteiger partial charge is 0.491 e. The molecule has 4 rings (SSSR count). The van der Waals surface area contributed by atoms with Crippen LogP contribution in [0.25, 0.3) is 6.08 Å². The zero-order valence-electron chi connectivity index (χ0n) is 17.9. The molecule has 0 aromatic heterocycles. The topological polar surface area (TPSA) is 49.9 Å². The summed E-state index contributed by atoms with van der Waals surface area (Å²) < 4.78 is 5.71. The van der Waals surface area contributed by atoms with E-state index in [0.29, 0.717) is 25.1 Å². The summed E-state index contributed by atoms with van der Waals surface area (Å²) in [6.07, 6.45) is 2.75. The van der Waals surface area contributed by atoms with E-state index in [0.717, 1.165) is 41.2 Å². The number of piperazine rings is 1.